The van der Waals surface area contributed by atoms with Gasteiger partial charge in [0.2, 0.25) is 11.8 Å². The first-order chi connectivity index (χ1) is 16.4. The van der Waals surface area contributed by atoms with Gasteiger partial charge in [-0.05, 0) is 66.2 Å². The van der Waals surface area contributed by atoms with Crippen LogP contribution in [0.1, 0.15) is 17.5 Å². The van der Waals surface area contributed by atoms with E-state index < -0.39 is 5.92 Å². The molecule has 174 valence electrons. The molecule has 2 amide bonds. The van der Waals surface area contributed by atoms with Crippen molar-refractivity contribution in [2.75, 3.05) is 11.4 Å². The molecule has 1 atom stereocenters. The van der Waals surface area contributed by atoms with Gasteiger partial charge in [-0.3, -0.25) is 9.59 Å². The van der Waals surface area contributed by atoms with Crippen molar-refractivity contribution in [3.05, 3.63) is 92.4 Å². The molecule has 0 radical (unpaired) electrons. The zero-order chi connectivity index (χ0) is 24.1. The van der Waals surface area contributed by atoms with Crippen LogP contribution in [0.2, 0.25) is 10.0 Å². The third kappa shape index (κ3) is 6.17. The highest BCUT2D eigenvalue weighted by Gasteiger charge is 2.35. The third-order valence-corrected chi connectivity index (χ3v) is 6.43. The van der Waals surface area contributed by atoms with Crippen LogP contribution in [0, 0.1) is 5.92 Å². The van der Waals surface area contributed by atoms with Gasteiger partial charge in [0.1, 0.15) is 12.4 Å². The molecule has 0 spiro atoms. The zero-order valence-electron chi connectivity index (χ0n) is 17.9. The molecular formula is C25H20BrCl2N3O3. The summed E-state index contributed by atoms with van der Waals surface area (Å²) >= 11 is 15.5. The number of carbonyl (C=O) groups is 2. The average Bonchev–Trinajstić information content (AvgIpc) is 3.21. The van der Waals surface area contributed by atoms with Crippen LogP contribution < -0.4 is 15.1 Å². The Kier molecular flexibility index (Phi) is 7.88. The normalized spacial score (nSPS) is 15.7. The van der Waals surface area contributed by atoms with Crippen LogP contribution in [-0.2, 0) is 16.2 Å². The fraction of sp³-hybridized carbons (Fsp3) is 0.160. The van der Waals surface area contributed by atoms with Crippen LogP contribution in [0.25, 0.3) is 0 Å². The van der Waals surface area contributed by atoms with Gasteiger partial charge < -0.3 is 9.64 Å². The Morgan fingerprint density at radius 2 is 1.85 bits per heavy atom. The number of hydrogen-bond acceptors (Lipinski definition) is 4. The Morgan fingerprint density at radius 3 is 2.56 bits per heavy atom. The lowest BCUT2D eigenvalue weighted by atomic mass is 10.1. The van der Waals surface area contributed by atoms with Gasteiger partial charge in [0.25, 0.3) is 0 Å². The molecule has 6 nitrogen and oxygen atoms in total. The van der Waals surface area contributed by atoms with Gasteiger partial charge in [-0.15, -0.1) is 0 Å². The highest BCUT2D eigenvalue weighted by molar-refractivity contribution is 9.10. The molecule has 4 rings (SSSR count). The predicted octanol–water partition coefficient (Wildman–Crippen LogP) is 5.84. The first kappa shape index (κ1) is 24.3. The maximum absolute atomic E-state index is 12.5. The summed E-state index contributed by atoms with van der Waals surface area (Å²) in [6, 6.07) is 19.9. The smallest absolute Gasteiger partial charge is 0.245 e. The first-order valence-corrected chi connectivity index (χ1v) is 12.0. The summed E-state index contributed by atoms with van der Waals surface area (Å²) in [5.74, 6) is -0.153. The van der Waals surface area contributed by atoms with Crippen molar-refractivity contribution in [3.8, 4) is 5.75 Å². The van der Waals surface area contributed by atoms with Crippen LogP contribution in [0.5, 0.6) is 5.75 Å². The number of amides is 2. The van der Waals surface area contributed by atoms with Crippen molar-refractivity contribution >= 4 is 62.8 Å². The molecule has 34 heavy (non-hydrogen) atoms. The van der Waals surface area contributed by atoms with Crippen molar-refractivity contribution in [3.63, 3.8) is 0 Å². The number of carbonyl (C=O) groups excluding carboxylic acids is 2. The number of benzene rings is 3. The molecule has 0 aromatic heterocycles. The summed E-state index contributed by atoms with van der Waals surface area (Å²) in [6.07, 6.45) is 1.70. The second-order valence-corrected chi connectivity index (χ2v) is 9.47. The summed E-state index contributed by atoms with van der Waals surface area (Å²) in [5, 5.41) is 5.16. The Labute approximate surface area is 215 Å². The van der Waals surface area contributed by atoms with Crippen molar-refractivity contribution in [2.24, 2.45) is 11.0 Å². The Morgan fingerprint density at radius 1 is 1.12 bits per heavy atom. The fourth-order valence-corrected chi connectivity index (χ4v) is 4.19. The maximum atomic E-state index is 12.5. The molecule has 1 fully saturated rings. The molecule has 0 aliphatic carbocycles. The van der Waals surface area contributed by atoms with E-state index >= 15 is 0 Å². The number of anilines is 1. The third-order valence-electron chi connectivity index (χ3n) is 5.31. The number of hydrazone groups is 1. The lowest BCUT2D eigenvalue weighted by Crippen LogP contribution is -2.30. The molecule has 1 N–H and O–H groups in total. The molecule has 1 aliphatic heterocycles. The topological polar surface area (TPSA) is 71.0 Å². The van der Waals surface area contributed by atoms with E-state index in [0.717, 1.165) is 21.3 Å². The maximum Gasteiger partial charge on any atom is 0.245 e. The molecule has 0 bridgehead atoms. The van der Waals surface area contributed by atoms with Crippen molar-refractivity contribution in [1.29, 1.82) is 0 Å². The minimum atomic E-state index is -0.455. The van der Waals surface area contributed by atoms with E-state index in [4.69, 9.17) is 27.9 Å². The monoisotopic (exact) mass is 559 g/mol. The summed E-state index contributed by atoms with van der Waals surface area (Å²) in [5.41, 5.74) is 4.93. The zero-order valence-corrected chi connectivity index (χ0v) is 21.0. The predicted molar refractivity (Wildman–Crippen MR) is 138 cm³/mol. The molecule has 1 heterocycles. The quantitative estimate of drug-likeness (QED) is 0.291. The van der Waals surface area contributed by atoms with Crippen LogP contribution >= 0.6 is 39.1 Å². The molecule has 3 aromatic carbocycles. The van der Waals surface area contributed by atoms with Crippen molar-refractivity contribution in [1.82, 2.24) is 5.43 Å². The molecule has 0 unspecified atom stereocenters. The van der Waals surface area contributed by atoms with Gasteiger partial charge in [-0.2, -0.15) is 5.10 Å². The average molecular weight is 561 g/mol. The van der Waals surface area contributed by atoms with E-state index in [9.17, 15) is 9.59 Å². The standard InChI is InChI=1S/C25H20BrCl2N3O3/c26-19-4-7-21(8-5-19)31-14-18(11-24(31)32)25(33)30-29-13-16-1-9-22(10-2-16)34-15-17-3-6-20(27)12-23(17)28/h1-10,12-13,18H,11,14-15H2,(H,30,33)/b29-13-/t18-/m0/s1. The number of ether oxygens (including phenoxy) is 1. The molecule has 1 aliphatic rings. The van der Waals surface area contributed by atoms with Crippen LogP contribution in [0.15, 0.2) is 76.3 Å². The second kappa shape index (κ2) is 11.0. The Balaban J connectivity index is 1.27. The van der Waals surface area contributed by atoms with Gasteiger partial charge in [0, 0.05) is 38.7 Å². The molecular weight excluding hydrogens is 541 g/mol. The molecule has 9 heteroatoms. The van der Waals surface area contributed by atoms with Gasteiger partial charge in [-0.1, -0.05) is 45.2 Å². The Hall–Kier alpha value is -2.87. The molecule has 0 saturated carbocycles. The van der Waals surface area contributed by atoms with Crippen LogP contribution in [0.3, 0.4) is 0 Å². The van der Waals surface area contributed by atoms with Crippen molar-refractivity contribution in [2.45, 2.75) is 13.0 Å². The van der Waals surface area contributed by atoms with Gasteiger partial charge >= 0.3 is 0 Å². The number of nitrogens with zero attached hydrogens (tertiary/aromatic N) is 2. The van der Waals surface area contributed by atoms with Crippen LogP contribution in [0.4, 0.5) is 5.69 Å². The number of rotatable bonds is 7. The summed E-state index contributed by atoms with van der Waals surface area (Å²) in [6.45, 7) is 0.641. The van der Waals surface area contributed by atoms with Crippen LogP contribution in [-0.4, -0.2) is 24.6 Å². The Bertz CT molecular complexity index is 1220. The highest BCUT2D eigenvalue weighted by atomic mass is 79.9. The summed E-state index contributed by atoms with van der Waals surface area (Å²) in [4.78, 5) is 26.5. The minimum absolute atomic E-state index is 0.0815. The molecule has 1 saturated heterocycles. The van der Waals surface area contributed by atoms with E-state index in [-0.39, 0.29) is 18.2 Å². The molecule has 3 aromatic rings. The first-order valence-electron chi connectivity index (χ1n) is 10.4. The summed E-state index contributed by atoms with van der Waals surface area (Å²) in [7, 11) is 0. The van der Waals surface area contributed by atoms with Gasteiger partial charge in [0.05, 0.1) is 12.1 Å². The SMILES string of the molecule is O=C(N/N=C\c1ccc(OCc2ccc(Cl)cc2Cl)cc1)[C@H]1CC(=O)N(c2ccc(Br)cc2)C1. The van der Waals surface area contributed by atoms with Gasteiger partial charge in [0.15, 0.2) is 0 Å². The lowest BCUT2D eigenvalue weighted by Gasteiger charge is -2.16. The second-order valence-electron chi connectivity index (χ2n) is 7.71. The minimum Gasteiger partial charge on any atom is -0.489 e. The number of hydrogen-bond donors (Lipinski definition) is 1. The number of halogens is 3. The van der Waals surface area contributed by atoms with Crippen molar-refractivity contribution < 1.29 is 14.3 Å². The lowest BCUT2D eigenvalue weighted by molar-refractivity contribution is -0.126. The number of nitrogens with one attached hydrogen (secondary N) is 1. The van der Waals surface area contributed by atoms with E-state index in [0.29, 0.717) is 28.9 Å². The van der Waals surface area contributed by atoms with Gasteiger partial charge in [-0.25, -0.2) is 5.43 Å². The van der Waals surface area contributed by atoms with E-state index in [1.54, 1.807) is 35.4 Å². The largest absolute Gasteiger partial charge is 0.489 e. The van der Waals surface area contributed by atoms with E-state index in [1.807, 2.05) is 42.5 Å². The summed E-state index contributed by atoms with van der Waals surface area (Å²) < 4.78 is 6.69. The van der Waals surface area contributed by atoms with E-state index in [2.05, 4.69) is 26.5 Å². The highest BCUT2D eigenvalue weighted by Crippen LogP contribution is 2.26. The van der Waals surface area contributed by atoms with E-state index in [1.165, 1.54) is 0 Å². The fourth-order valence-electron chi connectivity index (χ4n) is 3.47.